The number of hydrogen-bond donors (Lipinski definition) is 2. The number of carbonyl (C=O) groups excluding carboxylic acids is 1. The van der Waals surface area contributed by atoms with Gasteiger partial charge < -0.3 is 10.4 Å². The molecule has 2 N–H and O–H groups in total. The molecule has 2 rings (SSSR count). The monoisotopic (exact) mass is 265 g/mol. The molecule has 2 atom stereocenters. The zero-order valence-corrected chi connectivity index (χ0v) is 10.3. The van der Waals surface area contributed by atoms with E-state index in [1.54, 1.807) is 0 Å². The van der Waals surface area contributed by atoms with Gasteiger partial charge in [-0.3, -0.25) is 4.79 Å². The average Bonchev–Trinajstić information content (AvgIpc) is 2.99. The van der Waals surface area contributed by atoms with Crippen molar-refractivity contribution in [3.8, 4) is 0 Å². The van der Waals surface area contributed by atoms with Gasteiger partial charge in [0, 0.05) is 0 Å². The van der Waals surface area contributed by atoms with Gasteiger partial charge in [0.2, 0.25) is 5.91 Å². The molecule has 6 heteroatoms. The van der Waals surface area contributed by atoms with Crippen molar-refractivity contribution >= 4 is 35.1 Å². The standard InChI is InChI=1S/C10H13Cl2NO3/c1-9(8(15)16,5-2-3-5)13-7(14)6-4-10(6,11)12/h5-6H,2-4H2,1H3,(H,13,14)(H,15,16). The lowest BCUT2D eigenvalue weighted by Gasteiger charge is -2.26. The van der Waals surface area contributed by atoms with Crippen molar-refractivity contribution in [2.75, 3.05) is 0 Å². The predicted octanol–water partition coefficient (Wildman–Crippen LogP) is 1.55. The van der Waals surface area contributed by atoms with Crippen LogP contribution >= 0.6 is 23.2 Å². The second-order valence-corrected chi connectivity index (χ2v) is 6.33. The Bertz CT molecular complexity index is 354. The highest BCUT2D eigenvalue weighted by molar-refractivity contribution is 6.52. The molecule has 0 aromatic heterocycles. The van der Waals surface area contributed by atoms with Gasteiger partial charge >= 0.3 is 5.97 Å². The first-order chi connectivity index (χ1) is 7.27. The maximum Gasteiger partial charge on any atom is 0.329 e. The predicted molar refractivity (Wildman–Crippen MR) is 59.5 cm³/mol. The molecular weight excluding hydrogens is 253 g/mol. The SMILES string of the molecule is CC(NC(=O)C1CC1(Cl)Cl)(C(=O)O)C1CC1. The van der Waals surface area contributed by atoms with Crippen LogP contribution in [0.4, 0.5) is 0 Å². The molecular formula is C10H13Cl2NO3. The molecule has 0 saturated heterocycles. The molecule has 0 bridgehead atoms. The highest BCUT2D eigenvalue weighted by Crippen LogP contribution is 2.53. The Kier molecular flexibility index (Phi) is 2.63. The van der Waals surface area contributed by atoms with Gasteiger partial charge in [-0.25, -0.2) is 4.79 Å². The Morgan fingerprint density at radius 2 is 1.94 bits per heavy atom. The smallest absolute Gasteiger partial charge is 0.329 e. The van der Waals surface area contributed by atoms with Crippen LogP contribution in [0.5, 0.6) is 0 Å². The summed E-state index contributed by atoms with van der Waals surface area (Å²) in [5, 5.41) is 11.7. The molecule has 16 heavy (non-hydrogen) atoms. The van der Waals surface area contributed by atoms with E-state index >= 15 is 0 Å². The first-order valence-corrected chi connectivity index (χ1v) is 5.96. The number of amides is 1. The molecule has 2 aliphatic rings. The van der Waals surface area contributed by atoms with Crippen LogP contribution in [0.2, 0.25) is 0 Å². The van der Waals surface area contributed by atoms with Gasteiger partial charge in [-0.1, -0.05) is 0 Å². The Morgan fingerprint density at radius 1 is 1.44 bits per heavy atom. The van der Waals surface area contributed by atoms with Gasteiger partial charge in [0.05, 0.1) is 5.92 Å². The first kappa shape index (κ1) is 12.0. The normalized spacial score (nSPS) is 30.3. The van der Waals surface area contributed by atoms with E-state index < -0.39 is 21.8 Å². The van der Waals surface area contributed by atoms with Crippen LogP contribution in [0, 0.1) is 11.8 Å². The van der Waals surface area contributed by atoms with Crippen LogP contribution in [-0.4, -0.2) is 26.9 Å². The number of hydrogen-bond acceptors (Lipinski definition) is 2. The summed E-state index contributed by atoms with van der Waals surface area (Å²) in [7, 11) is 0. The van der Waals surface area contributed by atoms with Gasteiger partial charge in [0.25, 0.3) is 0 Å². The Morgan fingerprint density at radius 3 is 2.25 bits per heavy atom. The minimum absolute atomic E-state index is 0.0211. The van der Waals surface area contributed by atoms with Crippen LogP contribution in [0.25, 0.3) is 0 Å². The van der Waals surface area contributed by atoms with Crippen molar-refractivity contribution in [2.45, 2.75) is 36.1 Å². The van der Waals surface area contributed by atoms with Gasteiger partial charge in [0.1, 0.15) is 9.87 Å². The van der Waals surface area contributed by atoms with Crippen molar-refractivity contribution in [1.82, 2.24) is 5.32 Å². The Hall–Kier alpha value is -0.480. The Balaban J connectivity index is 2.02. The van der Waals surface area contributed by atoms with E-state index in [4.69, 9.17) is 28.3 Å². The van der Waals surface area contributed by atoms with E-state index in [1.807, 2.05) is 0 Å². The van der Waals surface area contributed by atoms with Gasteiger partial charge in [-0.2, -0.15) is 0 Å². The molecule has 2 aliphatic carbocycles. The number of carboxylic acid groups (broad SMARTS) is 1. The van der Waals surface area contributed by atoms with Crippen molar-refractivity contribution < 1.29 is 14.7 Å². The van der Waals surface area contributed by atoms with Crippen LogP contribution in [0.1, 0.15) is 26.2 Å². The number of carboxylic acids is 1. The zero-order valence-electron chi connectivity index (χ0n) is 8.80. The molecule has 2 saturated carbocycles. The number of aliphatic carboxylic acids is 1. The average molecular weight is 266 g/mol. The third-order valence-electron chi connectivity index (χ3n) is 3.36. The van der Waals surface area contributed by atoms with Crippen molar-refractivity contribution in [3.63, 3.8) is 0 Å². The lowest BCUT2D eigenvalue weighted by atomic mass is 9.95. The van der Waals surface area contributed by atoms with Gasteiger partial charge in [-0.15, -0.1) is 23.2 Å². The molecule has 2 fully saturated rings. The maximum absolute atomic E-state index is 11.7. The van der Waals surface area contributed by atoms with Crippen molar-refractivity contribution in [3.05, 3.63) is 0 Å². The quantitative estimate of drug-likeness (QED) is 0.759. The minimum Gasteiger partial charge on any atom is -0.480 e. The highest BCUT2D eigenvalue weighted by atomic mass is 35.5. The molecule has 0 heterocycles. The summed E-state index contributed by atoms with van der Waals surface area (Å²) in [6.45, 7) is 1.54. The van der Waals surface area contributed by atoms with Crippen molar-refractivity contribution in [2.24, 2.45) is 11.8 Å². The summed E-state index contributed by atoms with van der Waals surface area (Å²) in [5.74, 6) is -1.82. The molecule has 0 aromatic carbocycles. The maximum atomic E-state index is 11.7. The van der Waals surface area contributed by atoms with Crippen LogP contribution in [0.15, 0.2) is 0 Å². The summed E-state index contributed by atoms with van der Waals surface area (Å²) in [6, 6.07) is 0. The molecule has 4 nitrogen and oxygen atoms in total. The summed E-state index contributed by atoms with van der Waals surface area (Å²) in [5.41, 5.74) is -1.18. The summed E-state index contributed by atoms with van der Waals surface area (Å²) >= 11 is 11.5. The number of carbonyl (C=O) groups is 2. The lowest BCUT2D eigenvalue weighted by molar-refractivity contribution is -0.148. The fourth-order valence-electron chi connectivity index (χ4n) is 1.83. The third-order valence-corrected chi connectivity index (χ3v) is 4.20. The number of nitrogens with one attached hydrogen (secondary N) is 1. The summed E-state index contributed by atoms with van der Waals surface area (Å²) in [4.78, 5) is 22.9. The van der Waals surface area contributed by atoms with Crippen LogP contribution in [-0.2, 0) is 9.59 Å². The number of alkyl halides is 2. The van der Waals surface area contributed by atoms with E-state index in [0.29, 0.717) is 6.42 Å². The fourth-order valence-corrected chi connectivity index (χ4v) is 2.34. The van der Waals surface area contributed by atoms with E-state index in [1.165, 1.54) is 6.92 Å². The molecule has 0 aromatic rings. The zero-order chi connectivity index (χ0) is 12.1. The summed E-state index contributed by atoms with van der Waals surface area (Å²) in [6.07, 6.45) is 2.06. The third kappa shape index (κ3) is 2.00. The molecule has 0 spiro atoms. The molecule has 1 amide bonds. The number of rotatable bonds is 4. The first-order valence-electron chi connectivity index (χ1n) is 5.20. The number of halogens is 2. The second kappa shape index (κ2) is 3.50. The molecule has 90 valence electrons. The highest BCUT2D eigenvalue weighted by Gasteiger charge is 2.58. The minimum atomic E-state index is -1.18. The van der Waals surface area contributed by atoms with Gasteiger partial charge in [0.15, 0.2) is 0 Å². The van der Waals surface area contributed by atoms with Gasteiger partial charge in [-0.05, 0) is 32.1 Å². The van der Waals surface area contributed by atoms with E-state index in [2.05, 4.69) is 5.32 Å². The fraction of sp³-hybridized carbons (Fsp3) is 0.800. The van der Waals surface area contributed by atoms with Crippen LogP contribution in [0.3, 0.4) is 0 Å². The molecule has 0 radical (unpaired) electrons. The largest absolute Gasteiger partial charge is 0.480 e. The Labute approximate surface area is 103 Å². The van der Waals surface area contributed by atoms with E-state index in [9.17, 15) is 9.59 Å². The molecule has 2 unspecified atom stereocenters. The van der Waals surface area contributed by atoms with Crippen LogP contribution < -0.4 is 5.32 Å². The lowest BCUT2D eigenvalue weighted by Crippen LogP contribution is -2.54. The topological polar surface area (TPSA) is 66.4 Å². The second-order valence-electron chi connectivity index (χ2n) is 4.79. The van der Waals surface area contributed by atoms with E-state index in [-0.39, 0.29) is 11.8 Å². The van der Waals surface area contributed by atoms with E-state index in [0.717, 1.165) is 12.8 Å². The summed E-state index contributed by atoms with van der Waals surface area (Å²) < 4.78 is -1.01. The molecule has 0 aliphatic heterocycles. The van der Waals surface area contributed by atoms with Crippen molar-refractivity contribution in [1.29, 1.82) is 0 Å².